The normalized spacial score (nSPS) is 20.8. The topological polar surface area (TPSA) is 29.1 Å². The highest BCUT2D eigenvalue weighted by Crippen LogP contribution is 2.16. The summed E-state index contributed by atoms with van der Waals surface area (Å²) in [6, 6.07) is 0. The Morgan fingerprint density at radius 1 is 1.44 bits per heavy atom. The third-order valence-electron chi connectivity index (χ3n) is 3.06. The number of hydrogen-bond donors (Lipinski definition) is 1. The van der Waals surface area contributed by atoms with Crippen molar-refractivity contribution in [2.75, 3.05) is 26.7 Å². The van der Waals surface area contributed by atoms with E-state index in [-0.39, 0.29) is 0 Å². The highest BCUT2D eigenvalue weighted by Gasteiger charge is 2.14. The van der Waals surface area contributed by atoms with E-state index in [2.05, 4.69) is 24.8 Å². The molecule has 0 atom stereocenters. The second-order valence-corrected chi connectivity index (χ2v) is 4.73. The van der Waals surface area contributed by atoms with Crippen molar-refractivity contribution in [1.29, 1.82) is 0 Å². The van der Waals surface area contributed by atoms with Gasteiger partial charge >= 0.3 is 0 Å². The van der Waals surface area contributed by atoms with E-state index in [0.717, 1.165) is 12.5 Å². The number of nitrogens with two attached hydrogens (primary N) is 1. The lowest BCUT2D eigenvalue weighted by Gasteiger charge is -2.30. The maximum absolute atomic E-state index is 4.83. The molecule has 1 fully saturated rings. The minimum Gasteiger partial charge on any atom is -0.299 e. The van der Waals surface area contributed by atoms with Crippen LogP contribution in [0.4, 0.5) is 0 Å². The first-order valence-electron chi connectivity index (χ1n) is 6.13. The van der Waals surface area contributed by atoms with Crippen molar-refractivity contribution in [2.24, 2.45) is 5.92 Å². The largest absolute Gasteiger partial charge is 0.299 e. The Labute approximate surface area is 99.1 Å². The van der Waals surface area contributed by atoms with Crippen molar-refractivity contribution >= 4 is 0 Å². The standard InChI is InChI=1S/C13H24N2O/c1-12-6-9-15(10-7-12)11-13(2)5-4-8-14-16-3/h4-5,8,12,14H,6-7,9-11H2,1-3H3/p+1/b8-4-,13-5+. The van der Waals surface area contributed by atoms with Crippen LogP contribution in [0.2, 0.25) is 0 Å². The molecule has 92 valence electrons. The van der Waals surface area contributed by atoms with Crippen molar-refractivity contribution in [1.82, 2.24) is 4.90 Å². The lowest BCUT2D eigenvalue weighted by atomic mass is 9.99. The Morgan fingerprint density at radius 3 is 2.75 bits per heavy atom. The van der Waals surface area contributed by atoms with Gasteiger partial charge in [0.2, 0.25) is 0 Å². The SMILES string of the molecule is CO[NH2+]/C=C\C=C(/C)CN1CCC(C)CC1. The molecule has 0 radical (unpaired) electrons. The summed E-state index contributed by atoms with van der Waals surface area (Å²) >= 11 is 0. The number of rotatable bonds is 5. The highest BCUT2D eigenvalue weighted by molar-refractivity contribution is 5.10. The van der Waals surface area contributed by atoms with E-state index in [1.807, 2.05) is 12.3 Å². The van der Waals surface area contributed by atoms with E-state index >= 15 is 0 Å². The van der Waals surface area contributed by atoms with E-state index in [0.29, 0.717) is 0 Å². The van der Waals surface area contributed by atoms with Gasteiger partial charge in [-0.3, -0.25) is 4.90 Å². The Kier molecular flexibility index (Phi) is 6.38. The third kappa shape index (κ3) is 5.45. The van der Waals surface area contributed by atoms with Crippen molar-refractivity contribution in [3.8, 4) is 0 Å². The first kappa shape index (κ1) is 13.4. The van der Waals surface area contributed by atoms with Crippen LogP contribution in [-0.4, -0.2) is 31.6 Å². The van der Waals surface area contributed by atoms with Crippen LogP contribution in [0.3, 0.4) is 0 Å². The summed E-state index contributed by atoms with van der Waals surface area (Å²) < 4.78 is 0. The van der Waals surface area contributed by atoms with Gasteiger partial charge in [0.15, 0.2) is 0 Å². The van der Waals surface area contributed by atoms with Gasteiger partial charge in [-0.05, 0) is 44.8 Å². The van der Waals surface area contributed by atoms with E-state index in [1.165, 1.54) is 31.5 Å². The monoisotopic (exact) mass is 225 g/mol. The predicted octanol–water partition coefficient (Wildman–Crippen LogP) is 1.30. The number of allylic oxidation sites excluding steroid dienone is 2. The van der Waals surface area contributed by atoms with Gasteiger partial charge in [0.1, 0.15) is 6.20 Å². The Balaban J connectivity index is 2.25. The molecule has 0 spiro atoms. The summed E-state index contributed by atoms with van der Waals surface area (Å²) in [7, 11) is 1.66. The Morgan fingerprint density at radius 2 is 2.12 bits per heavy atom. The van der Waals surface area contributed by atoms with Gasteiger partial charge in [0.05, 0.1) is 7.11 Å². The molecule has 0 unspecified atom stereocenters. The van der Waals surface area contributed by atoms with Gasteiger partial charge in [-0.2, -0.15) is 5.48 Å². The smallest absolute Gasteiger partial charge is 0.125 e. The maximum Gasteiger partial charge on any atom is 0.125 e. The molecular weight excluding hydrogens is 200 g/mol. The fourth-order valence-electron chi connectivity index (χ4n) is 1.97. The molecule has 0 amide bonds. The lowest BCUT2D eigenvalue weighted by molar-refractivity contribution is -0.842. The van der Waals surface area contributed by atoms with Crippen LogP contribution >= 0.6 is 0 Å². The molecule has 1 aliphatic rings. The molecular formula is C13H25N2O+. The van der Waals surface area contributed by atoms with Crippen molar-refractivity contribution in [3.63, 3.8) is 0 Å². The molecule has 3 heteroatoms. The molecule has 3 nitrogen and oxygen atoms in total. The number of nitrogens with zero attached hydrogens (tertiary/aromatic N) is 1. The minimum absolute atomic E-state index is 0.914. The second-order valence-electron chi connectivity index (χ2n) is 4.73. The molecule has 2 N–H and O–H groups in total. The molecule has 0 saturated carbocycles. The molecule has 0 aromatic rings. The Hall–Kier alpha value is -0.640. The number of piperidine rings is 1. The maximum atomic E-state index is 4.83. The molecule has 0 bridgehead atoms. The molecule has 16 heavy (non-hydrogen) atoms. The van der Waals surface area contributed by atoms with Gasteiger partial charge in [0, 0.05) is 6.54 Å². The van der Waals surface area contributed by atoms with Gasteiger partial charge in [-0.15, -0.1) is 0 Å². The van der Waals surface area contributed by atoms with Crippen LogP contribution in [0.1, 0.15) is 26.7 Å². The average molecular weight is 225 g/mol. The van der Waals surface area contributed by atoms with Crippen LogP contribution in [-0.2, 0) is 4.84 Å². The highest BCUT2D eigenvalue weighted by atomic mass is 16.6. The first-order chi connectivity index (χ1) is 7.72. The van der Waals surface area contributed by atoms with E-state index in [1.54, 1.807) is 12.6 Å². The van der Waals surface area contributed by atoms with E-state index in [9.17, 15) is 0 Å². The predicted molar refractivity (Wildman–Crippen MR) is 66.7 cm³/mol. The summed E-state index contributed by atoms with van der Waals surface area (Å²) in [6.45, 7) is 8.14. The van der Waals surface area contributed by atoms with E-state index < -0.39 is 0 Å². The van der Waals surface area contributed by atoms with Gasteiger partial charge in [-0.25, -0.2) is 4.84 Å². The molecule has 1 saturated heterocycles. The zero-order chi connectivity index (χ0) is 11.8. The number of hydroxylamine groups is 1. The molecule has 0 aliphatic carbocycles. The zero-order valence-electron chi connectivity index (χ0n) is 10.8. The summed E-state index contributed by atoms with van der Waals surface area (Å²) in [5.41, 5.74) is 3.10. The molecule has 0 aromatic carbocycles. The summed E-state index contributed by atoms with van der Waals surface area (Å²) in [5, 5.41) is 0. The van der Waals surface area contributed by atoms with Crippen LogP contribution in [0, 0.1) is 5.92 Å². The molecule has 1 heterocycles. The average Bonchev–Trinajstić information content (AvgIpc) is 2.28. The number of likely N-dealkylation sites (tertiary alicyclic amines) is 1. The fourth-order valence-corrected chi connectivity index (χ4v) is 1.97. The third-order valence-corrected chi connectivity index (χ3v) is 3.06. The van der Waals surface area contributed by atoms with E-state index in [4.69, 9.17) is 4.84 Å². The van der Waals surface area contributed by atoms with Gasteiger partial charge in [0.25, 0.3) is 0 Å². The van der Waals surface area contributed by atoms with Crippen LogP contribution < -0.4 is 5.48 Å². The van der Waals surface area contributed by atoms with Crippen molar-refractivity contribution in [3.05, 3.63) is 23.9 Å². The number of quaternary nitrogens is 1. The van der Waals surface area contributed by atoms with Crippen molar-refractivity contribution in [2.45, 2.75) is 26.7 Å². The summed E-state index contributed by atoms with van der Waals surface area (Å²) in [6.07, 6.45) is 8.81. The van der Waals surface area contributed by atoms with Crippen LogP contribution in [0.5, 0.6) is 0 Å². The minimum atomic E-state index is 0.914. The second kappa shape index (κ2) is 7.60. The molecule has 1 rings (SSSR count). The molecule has 0 aromatic heterocycles. The molecule has 1 aliphatic heterocycles. The quantitative estimate of drug-likeness (QED) is 0.564. The Bertz CT molecular complexity index is 240. The van der Waals surface area contributed by atoms with Crippen molar-refractivity contribution < 1.29 is 10.3 Å². The lowest BCUT2D eigenvalue weighted by Crippen LogP contribution is -2.75. The van der Waals surface area contributed by atoms with Gasteiger partial charge in [-0.1, -0.05) is 18.6 Å². The zero-order valence-corrected chi connectivity index (χ0v) is 10.8. The number of hydrogen-bond acceptors (Lipinski definition) is 2. The summed E-state index contributed by atoms with van der Waals surface area (Å²) in [4.78, 5) is 7.38. The van der Waals surface area contributed by atoms with Crippen LogP contribution in [0.15, 0.2) is 23.9 Å². The first-order valence-corrected chi connectivity index (χ1v) is 6.13. The van der Waals surface area contributed by atoms with Gasteiger partial charge < -0.3 is 0 Å². The fraction of sp³-hybridized carbons (Fsp3) is 0.692. The van der Waals surface area contributed by atoms with Crippen LogP contribution in [0.25, 0.3) is 0 Å². The summed E-state index contributed by atoms with van der Waals surface area (Å²) in [5.74, 6) is 0.914.